The predicted molar refractivity (Wildman–Crippen MR) is 73.4 cm³/mol. The van der Waals surface area contributed by atoms with Crippen molar-refractivity contribution < 1.29 is 0 Å². The third-order valence-electron chi connectivity index (χ3n) is 3.63. The zero-order valence-electron chi connectivity index (χ0n) is 11.3. The fourth-order valence-electron chi connectivity index (χ4n) is 2.59. The van der Waals surface area contributed by atoms with Crippen LogP contribution < -0.4 is 4.90 Å². The molecule has 0 aliphatic carbocycles. The number of nitrogens with zero attached hydrogens (tertiary/aromatic N) is 3. The standard InChI is InChI=1S/C15H21N3/c1-12(2)5-7-14-4-3-9-18(14)15-8-6-13(10-16)11-17-15/h6,8,11-12,14H,3-5,7,9H2,1-2H3. The van der Waals surface area contributed by atoms with Crippen molar-refractivity contribution in [3.8, 4) is 6.07 Å². The average Bonchev–Trinajstić information content (AvgIpc) is 2.85. The highest BCUT2D eigenvalue weighted by Crippen LogP contribution is 2.27. The van der Waals surface area contributed by atoms with Gasteiger partial charge in [0.05, 0.1) is 5.56 Å². The molecule has 1 aliphatic heterocycles. The van der Waals surface area contributed by atoms with Gasteiger partial charge in [0.25, 0.3) is 0 Å². The van der Waals surface area contributed by atoms with E-state index >= 15 is 0 Å². The number of rotatable bonds is 4. The second kappa shape index (κ2) is 5.86. The Morgan fingerprint density at radius 2 is 2.33 bits per heavy atom. The highest BCUT2D eigenvalue weighted by atomic mass is 15.2. The molecule has 0 N–H and O–H groups in total. The van der Waals surface area contributed by atoms with Crippen LogP contribution in [0.3, 0.4) is 0 Å². The van der Waals surface area contributed by atoms with Crippen LogP contribution in [0, 0.1) is 17.2 Å². The lowest BCUT2D eigenvalue weighted by molar-refractivity contribution is 0.494. The van der Waals surface area contributed by atoms with E-state index in [0.717, 1.165) is 18.3 Å². The summed E-state index contributed by atoms with van der Waals surface area (Å²) in [7, 11) is 0. The van der Waals surface area contributed by atoms with E-state index in [1.807, 2.05) is 12.1 Å². The molecule has 18 heavy (non-hydrogen) atoms. The van der Waals surface area contributed by atoms with Crippen molar-refractivity contribution >= 4 is 5.82 Å². The Morgan fingerprint density at radius 1 is 1.50 bits per heavy atom. The van der Waals surface area contributed by atoms with Crippen molar-refractivity contribution in [3.05, 3.63) is 23.9 Å². The summed E-state index contributed by atoms with van der Waals surface area (Å²) in [4.78, 5) is 6.82. The van der Waals surface area contributed by atoms with Gasteiger partial charge in [-0.1, -0.05) is 13.8 Å². The molecule has 1 fully saturated rings. The molecule has 1 saturated heterocycles. The Hall–Kier alpha value is -1.56. The van der Waals surface area contributed by atoms with Crippen LogP contribution in [-0.4, -0.2) is 17.6 Å². The van der Waals surface area contributed by atoms with Crippen molar-refractivity contribution in [1.82, 2.24) is 4.98 Å². The fraction of sp³-hybridized carbons (Fsp3) is 0.600. The molecule has 0 spiro atoms. The maximum Gasteiger partial charge on any atom is 0.128 e. The lowest BCUT2D eigenvalue weighted by atomic mass is 10.0. The number of anilines is 1. The summed E-state index contributed by atoms with van der Waals surface area (Å²) < 4.78 is 0. The van der Waals surface area contributed by atoms with E-state index in [1.54, 1.807) is 6.20 Å². The molecule has 0 amide bonds. The molecule has 0 aromatic carbocycles. The second-order valence-corrected chi connectivity index (χ2v) is 5.48. The minimum Gasteiger partial charge on any atom is -0.354 e. The van der Waals surface area contributed by atoms with Crippen molar-refractivity contribution in [2.45, 2.75) is 45.6 Å². The number of hydrogen-bond donors (Lipinski definition) is 0. The monoisotopic (exact) mass is 243 g/mol. The SMILES string of the molecule is CC(C)CCC1CCCN1c1ccc(C#N)cn1. The molecule has 2 rings (SSSR count). The largest absolute Gasteiger partial charge is 0.354 e. The van der Waals surface area contributed by atoms with E-state index in [9.17, 15) is 0 Å². The molecular weight excluding hydrogens is 222 g/mol. The molecule has 1 aromatic heterocycles. The topological polar surface area (TPSA) is 39.9 Å². The van der Waals surface area contributed by atoms with Crippen LogP contribution in [0.4, 0.5) is 5.82 Å². The summed E-state index contributed by atoms with van der Waals surface area (Å²) in [6.07, 6.45) is 6.72. The van der Waals surface area contributed by atoms with Crippen molar-refractivity contribution in [3.63, 3.8) is 0 Å². The van der Waals surface area contributed by atoms with Gasteiger partial charge in [-0.3, -0.25) is 0 Å². The van der Waals surface area contributed by atoms with Crippen LogP contribution in [0.1, 0.15) is 45.1 Å². The molecule has 1 atom stereocenters. The summed E-state index contributed by atoms with van der Waals surface area (Å²) in [6, 6.07) is 6.59. The Bertz CT molecular complexity index is 416. The van der Waals surface area contributed by atoms with E-state index in [4.69, 9.17) is 5.26 Å². The summed E-state index contributed by atoms with van der Waals surface area (Å²) in [5.41, 5.74) is 0.636. The highest BCUT2D eigenvalue weighted by molar-refractivity contribution is 5.43. The van der Waals surface area contributed by atoms with Crippen molar-refractivity contribution in [2.24, 2.45) is 5.92 Å². The predicted octanol–water partition coefficient (Wildman–Crippen LogP) is 3.36. The number of hydrogen-bond acceptors (Lipinski definition) is 3. The van der Waals surface area contributed by atoms with E-state index in [-0.39, 0.29) is 0 Å². The average molecular weight is 243 g/mol. The number of pyridine rings is 1. The van der Waals surface area contributed by atoms with Crippen molar-refractivity contribution in [1.29, 1.82) is 5.26 Å². The molecular formula is C15H21N3. The maximum atomic E-state index is 8.79. The molecule has 1 unspecified atom stereocenters. The molecule has 96 valence electrons. The zero-order valence-corrected chi connectivity index (χ0v) is 11.3. The first-order valence-corrected chi connectivity index (χ1v) is 6.83. The van der Waals surface area contributed by atoms with Crippen LogP contribution >= 0.6 is 0 Å². The van der Waals surface area contributed by atoms with Crippen molar-refractivity contribution in [2.75, 3.05) is 11.4 Å². The zero-order chi connectivity index (χ0) is 13.0. The van der Waals surface area contributed by atoms with E-state index in [1.165, 1.54) is 25.7 Å². The van der Waals surface area contributed by atoms with Gasteiger partial charge in [0.1, 0.15) is 11.9 Å². The smallest absolute Gasteiger partial charge is 0.128 e. The maximum absolute atomic E-state index is 8.79. The Labute approximate surface area is 109 Å². The van der Waals surface area contributed by atoms with Crippen LogP contribution in [0.25, 0.3) is 0 Å². The summed E-state index contributed by atoms with van der Waals surface area (Å²) in [6.45, 7) is 5.65. The fourth-order valence-corrected chi connectivity index (χ4v) is 2.59. The quantitative estimate of drug-likeness (QED) is 0.814. The first kappa shape index (κ1) is 12.9. The number of aromatic nitrogens is 1. The summed E-state index contributed by atoms with van der Waals surface area (Å²) >= 11 is 0. The van der Waals surface area contributed by atoms with Gasteiger partial charge in [-0.15, -0.1) is 0 Å². The third-order valence-corrected chi connectivity index (χ3v) is 3.63. The minimum atomic E-state index is 0.632. The molecule has 1 aromatic rings. The molecule has 1 aliphatic rings. The number of nitriles is 1. The first-order chi connectivity index (χ1) is 8.70. The van der Waals surface area contributed by atoms with Crippen LogP contribution in [-0.2, 0) is 0 Å². The second-order valence-electron chi connectivity index (χ2n) is 5.48. The molecule has 0 radical (unpaired) electrons. The van der Waals surface area contributed by atoms with Gasteiger partial charge in [0, 0.05) is 18.8 Å². The summed E-state index contributed by atoms with van der Waals surface area (Å²) in [5, 5.41) is 8.79. The van der Waals surface area contributed by atoms with Gasteiger partial charge < -0.3 is 4.90 Å². The van der Waals surface area contributed by atoms with Gasteiger partial charge in [-0.2, -0.15) is 5.26 Å². The third kappa shape index (κ3) is 3.01. The molecule has 3 nitrogen and oxygen atoms in total. The Balaban J connectivity index is 2.03. The van der Waals surface area contributed by atoms with Gasteiger partial charge in [0.2, 0.25) is 0 Å². The van der Waals surface area contributed by atoms with Crippen LogP contribution in [0.15, 0.2) is 18.3 Å². The van der Waals surface area contributed by atoms with E-state index in [2.05, 4.69) is 29.8 Å². The van der Waals surface area contributed by atoms with Crippen LogP contribution in [0.5, 0.6) is 0 Å². The highest BCUT2D eigenvalue weighted by Gasteiger charge is 2.25. The first-order valence-electron chi connectivity index (χ1n) is 6.83. The van der Waals surface area contributed by atoms with Gasteiger partial charge >= 0.3 is 0 Å². The Morgan fingerprint density at radius 3 is 2.94 bits per heavy atom. The van der Waals surface area contributed by atoms with Gasteiger partial charge in [-0.25, -0.2) is 4.98 Å². The van der Waals surface area contributed by atoms with Gasteiger partial charge in [-0.05, 0) is 43.7 Å². The minimum absolute atomic E-state index is 0.632. The lowest BCUT2D eigenvalue weighted by Crippen LogP contribution is -2.30. The molecule has 3 heteroatoms. The van der Waals surface area contributed by atoms with Gasteiger partial charge in [0.15, 0.2) is 0 Å². The van der Waals surface area contributed by atoms with E-state index in [0.29, 0.717) is 11.6 Å². The lowest BCUT2D eigenvalue weighted by Gasteiger charge is -2.26. The normalized spacial score (nSPS) is 19.2. The molecule has 0 bridgehead atoms. The van der Waals surface area contributed by atoms with E-state index < -0.39 is 0 Å². The van der Waals surface area contributed by atoms with Crippen LogP contribution in [0.2, 0.25) is 0 Å². The molecule has 2 heterocycles. The summed E-state index contributed by atoms with van der Waals surface area (Å²) in [5.74, 6) is 1.79. The Kier molecular flexibility index (Phi) is 4.19. The molecule has 0 saturated carbocycles.